The second-order valence-electron chi connectivity index (χ2n) is 9.34. The van der Waals surface area contributed by atoms with Gasteiger partial charge in [0.1, 0.15) is 5.82 Å². The summed E-state index contributed by atoms with van der Waals surface area (Å²) in [5.74, 6) is 0.0595. The van der Waals surface area contributed by atoms with Gasteiger partial charge in [-0.15, -0.1) is 0 Å². The van der Waals surface area contributed by atoms with Crippen LogP contribution in [-0.4, -0.2) is 39.6 Å². The summed E-state index contributed by atoms with van der Waals surface area (Å²) >= 11 is 12.3. The highest BCUT2D eigenvalue weighted by molar-refractivity contribution is 6.42. The van der Waals surface area contributed by atoms with E-state index >= 15 is 0 Å². The second kappa shape index (κ2) is 11.2. The third-order valence-corrected chi connectivity index (χ3v) is 5.80. The van der Waals surface area contributed by atoms with Crippen LogP contribution in [0.25, 0.3) is 5.69 Å². The van der Waals surface area contributed by atoms with Crippen molar-refractivity contribution in [2.75, 3.05) is 18.4 Å². The normalized spacial score (nSPS) is 11.7. The van der Waals surface area contributed by atoms with Gasteiger partial charge in [0.15, 0.2) is 0 Å². The van der Waals surface area contributed by atoms with Crippen molar-refractivity contribution < 1.29 is 9.59 Å². The van der Waals surface area contributed by atoms with Crippen molar-refractivity contribution in [1.29, 1.82) is 0 Å². The second-order valence-corrected chi connectivity index (χ2v) is 10.2. The van der Waals surface area contributed by atoms with E-state index in [0.29, 0.717) is 28.1 Å². The van der Waals surface area contributed by atoms with Crippen molar-refractivity contribution in [3.05, 3.63) is 40.0 Å². The number of nitrogens with zero attached hydrogens (tertiary/aromatic N) is 3. The van der Waals surface area contributed by atoms with Crippen LogP contribution in [0.5, 0.6) is 0 Å². The fourth-order valence-electron chi connectivity index (χ4n) is 3.19. The monoisotopic (exact) mass is 480 g/mol. The number of anilines is 1. The van der Waals surface area contributed by atoms with Crippen LogP contribution in [0.3, 0.4) is 0 Å². The quantitative estimate of drug-likeness (QED) is 0.441. The molecule has 2 rings (SSSR count). The smallest absolute Gasteiger partial charge is 0.245 e. The number of carbonyl (C=O) groups is 2. The van der Waals surface area contributed by atoms with Crippen LogP contribution in [0.15, 0.2) is 24.3 Å². The number of nitrogens with one attached hydrogen (secondary N) is 1. The Bertz CT molecular complexity index is 948. The molecular formula is C24H34Cl2N4O2. The fraction of sp³-hybridized carbons (Fsp3) is 0.542. The Balaban J connectivity index is 2.30. The molecular weight excluding hydrogens is 447 g/mol. The maximum absolute atomic E-state index is 13.0. The average Bonchev–Trinajstić information content (AvgIpc) is 3.13. The first-order valence-corrected chi connectivity index (χ1v) is 11.8. The highest BCUT2D eigenvalue weighted by atomic mass is 35.5. The highest BCUT2D eigenvalue weighted by Gasteiger charge is 2.24. The molecule has 0 spiro atoms. The predicted molar refractivity (Wildman–Crippen MR) is 132 cm³/mol. The summed E-state index contributed by atoms with van der Waals surface area (Å²) in [6.07, 6.45) is 2.94. The molecule has 1 aromatic heterocycles. The van der Waals surface area contributed by atoms with Gasteiger partial charge < -0.3 is 10.2 Å². The molecule has 0 aliphatic rings. The van der Waals surface area contributed by atoms with Gasteiger partial charge in [0.2, 0.25) is 11.8 Å². The molecule has 176 valence electrons. The van der Waals surface area contributed by atoms with Gasteiger partial charge in [0.05, 0.1) is 28.0 Å². The number of benzene rings is 1. The molecule has 0 radical (unpaired) electrons. The van der Waals surface area contributed by atoms with Gasteiger partial charge in [-0.05, 0) is 24.6 Å². The molecule has 0 atom stereocenters. The van der Waals surface area contributed by atoms with E-state index in [1.54, 1.807) is 27.8 Å². The predicted octanol–water partition coefficient (Wildman–Crippen LogP) is 6.09. The molecule has 32 heavy (non-hydrogen) atoms. The number of carbonyl (C=O) groups excluding carboxylic acids is 2. The molecule has 0 aliphatic carbocycles. The number of hydrogen-bond acceptors (Lipinski definition) is 3. The van der Waals surface area contributed by atoms with E-state index in [1.165, 1.54) is 0 Å². The summed E-state index contributed by atoms with van der Waals surface area (Å²) < 4.78 is 1.65. The Kier molecular flexibility index (Phi) is 9.17. The van der Waals surface area contributed by atoms with E-state index in [9.17, 15) is 9.59 Å². The van der Waals surface area contributed by atoms with Crippen molar-refractivity contribution in [2.24, 2.45) is 5.92 Å². The third kappa shape index (κ3) is 6.97. The highest BCUT2D eigenvalue weighted by Crippen LogP contribution is 2.29. The lowest BCUT2D eigenvalue weighted by Crippen LogP contribution is -2.41. The zero-order valence-electron chi connectivity index (χ0n) is 19.8. The first-order valence-electron chi connectivity index (χ1n) is 11.1. The van der Waals surface area contributed by atoms with E-state index in [-0.39, 0.29) is 29.7 Å². The maximum Gasteiger partial charge on any atom is 0.245 e. The number of aromatic nitrogens is 2. The Morgan fingerprint density at radius 2 is 1.81 bits per heavy atom. The standard InChI is InChI=1S/C24H34Cl2N4O2/c1-7-8-9-12-29(23(32)16(2)3)15-22(31)27-21-14-20(24(4,5)6)28-30(21)17-10-11-18(25)19(26)13-17/h10-11,13-14,16H,7-9,12,15H2,1-6H3,(H,27,31). The number of halogens is 2. The SMILES string of the molecule is CCCCCN(CC(=O)Nc1cc(C(C)(C)C)nn1-c1ccc(Cl)c(Cl)c1)C(=O)C(C)C. The molecule has 2 amide bonds. The molecule has 0 unspecified atom stereocenters. The molecule has 0 fully saturated rings. The van der Waals surface area contributed by atoms with Crippen LogP contribution in [-0.2, 0) is 15.0 Å². The minimum atomic E-state index is -0.267. The topological polar surface area (TPSA) is 67.2 Å². The van der Waals surface area contributed by atoms with E-state index < -0.39 is 0 Å². The molecule has 0 bridgehead atoms. The van der Waals surface area contributed by atoms with Gasteiger partial charge in [-0.2, -0.15) is 5.10 Å². The van der Waals surface area contributed by atoms with Crippen LogP contribution in [0.2, 0.25) is 10.0 Å². The lowest BCUT2D eigenvalue weighted by Gasteiger charge is -2.24. The zero-order valence-corrected chi connectivity index (χ0v) is 21.3. The van der Waals surface area contributed by atoms with E-state index in [0.717, 1.165) is 25.0 Å². The lowest BCUT2D eigenvalue weighted by atomic mass is 9.92. The number of unbranched alkanes of at least 4 members (excludes halogenated alkanes) is 2. The molecule has 2 aromatic rings. The van der Waals surface area contributed by atoms with Crippen LogP contribution >= 0.6 is 23.2 Å². The van der Waals surface area contributed by atoms with E-state index in [2.05, 4.69) is 33.0 Å². The van der Waals surface area contributed by atoms with Crippen molar-refractivity contribution in [1.82, 2.24) is 14.7 Å². The minimum absolute atomic E-state index is 0.00185. The van der Waals surface area contributed by atoms with Gasteiger partial charge >= 0.3 is 0 Å². The minimum Gasteiger partial charge on any atom is -0.333 e. The van der Waals surface area contributed by atoms with Crippen molar-refractivity contribution >= 4 is 40.8 Å². The molecule has 0 aliphatic heterocycles. The largest absolute Gasteiger partial charge is 0.333 e. The molecule has 1 N–H and O–H groups in total. The first-order chi connectivity index (χ1) is 14.9. The van der Waals surface area contributed by atoms with Gasteiger partial charge in [-0.3, -0.25) is 9.59 Å². The van der Waals surface area contributed by atoms with Gasteiger partial charge in [-0.25, -0.2) is 4.68 Å². The Morgan fingerprint density at radius 3 is 2.38 bits per heavy atom. The lowest BCUT2D eigenvalue weighted by molar-refractivity contribution is -0.137. The molecule has 6 nitrogen and oxygen atoms in total. The summed E-state index contributed by atoms with van der Waals surface area (Å²) in [5, 5.41) is 8.49. The van der Waals surface area contributed by atoms with Crippen LogP contribution in [0.1, 0.15) is 66.5 Å². The number of hydrogen-bond donors (Lipinski definition) is 1. The van der Waals surface area contributed by atoms with Gasteiger partial charge in [0.25, 0.3) is 0 Å². The molecule has 1 aromatic carbocycles. The van der Waals surface area contributed by atoms with Crippen LogP contribution in [0.4, 0.5) is 5.82 Å². The van der Waals surface area contributed by atoms with E-state index in [4.69, 9.17) is 28.3 Å². The Labute approximate surface area is 201 Å². The van der Waals surface area contributed by atoms with E-state index in [1.807, 2.05) is 19.9 Å². The van der Waals surface area contributed by atoms with Crippen molar-refractivity contribution in [3.63, 3.8) is 0 Å². The summed E-state index contributed by atoms with van der Waals surface area (Å²) in [4.78, 5) is 27.2. The number of amides is 2. The van der Waals surface area contributed by atoms with Gasteiger partial charge in [-0.1, -0.05) is 77.6 Å². The zero-order chi connectivity index (χ0) is 24.1. The maximum atomic E-state index is 13.0. The third-order valence-electron chi connectivity index (χ3n) is 5.06. The average molecular weight is 481 g/mol. The van der Waals surface area contributed by atoms with Crippen LogP contribution in [0, 0.1) is 5.92 Å². The molecule has 8 heteroatoms. The Hall–Kier alpha value is -2.05. The molecule has 0 saturated carbocycles. The summed E-state index contributed by atoms with van der Waals surface area (Å²) in [6.45, 7) is 12.5. The Morgan fingerprint density at radius 1 is 1.12 bits per heavy atom. The summed E-state index contributed by atoms with van der Waals surface area (Å²) in [6, 6.07) is 7.05. The fourth-order valence-corrected chi connectivity index (χ4v) is 3.48. The molecule has 0 saturated heterocycles. The van der Waals surface area contributed by atoms with Crippen molar-refractivity contribution in [2.45, 2.75) is 66.2 Å². The van der Waals surface area contributed by atoms with Crippen molar-refractivity contribution in [3.8, 4) is 5.69 Å². The van der Waals surface area contributed by atoms with Gasteiger partial charge in [0, 0.05) is 23.9 Å². The summed E-state index contributed by atoms with van der Waals surface area (Å²) in [7, 11) is 0. The number of rotatable bonds is 9. The summed E-state index contributed by atoms with van der Waals surface area (Å²) in [5.41, 5.74) is 1.28. The first kappa shape index (κ1) is 26.2. The van der Waals surface area contributed by atoms with Crippen LogP contribution < -0.4 is 5.32 Å². The molecule has 1 heterocycles.